The van der Waals surface area contributed by atoms with Gasteiger partial charge in [-0.05, 0) is 56.4 Å². The van der Waals surface area contributed by atoms with E-state index in [1.165, 1.54) is 37.7 Å². The standard InChI is InChI=1S/C17H28O/c1-14(2)13-17(11-7-8-12-17)16(18)15-9-5-3-4-6-10-15/h9,14H,3-8,10-13H2,1-2H3. The second-order valence-electron chi connectivity index (χ2n) is 6.74. The fourth-order valence-corrected chi connectivity index (χ4v) is 3.92. The number of carbonyl (C=O) groups is 1. The van der Waals surface area contributed by atoms with Gasteiger partial charge in [0.1, 0.15) is 0 Å². The second-order valence-corrected chi connectivity index (χ2v) is 6.74. The molecule has 102 valence electrons. The van der Waals surface area contributed by atoms with Crippen LogP contribution >= 0.6 is 0 Å². The van der Waals surface area contributed by atoms with Gasteiger partial charge in [-0.3, -0.25) is 4.79 Å². The molecule has 0 unspecified atom stereocenters. The Hall–Kier alpha value is -0.590. The van der Waals surface area contributed by atoms with Crippen molar-refractivity contribution in [3.05, 3.63) is 11.6 Å². The van der Waals surface area contributed by atoms with Crippen LogP contribution in [0.3, 0.4) is 0 Å². The molecular formula is C17H28O. The van der Waals surface area contributed by atoms with Crippen LogP contribution in [-0.2, 0) is 4.79 Å². The SMILES string of the molecule is CC(C)CC1(C(=O)C2=CCCCCC2)CCCC1. The lowest BCUT2D eigenvalue weighted by Crippen LogP contribution is -2.31. The van der Waals surface area contributed by atoms with Crippen molar-refractivity contribution in [3.8, 4) is 0 Å². The Morgan fingerprint density at radius 3 is 2.56 bits per heavy atom. The minimum absolute atomic E-state index is 0.0182. The summed E-state index contributed by atoms with van der Waals surface area (Å²) in [5.41, 5.74) is 1.19. The van der Waals surface area contributed by atoms with E-state index in [9.17, 15) is 4.79 Å². The van der Waals surface area contributed by atoms with Crippen molar-refractivity contribution in [1.29, 1.82) is 0 Å². The maximum atomic E-state index is 12.9. The largest absolute Gasteiger partial charge is 0.294 e. The molecule has 0 amide bonds. The van der Waals surface area contributed by atoms with Crippen molar-refractivity contribution in [1.82, 2.24) is 0 Å². The van der Waals surface area contributed by atoms with E-state index in [1.807, 2.05) is 0 Å². The van der Waals surface area contributed by atoms with Gasteiger partial charge in [0, 0.05) is 5.41 Å². The molecular weight excluding hydrogens is 220 g/mol. The Kier molecular flexibility index (Phi) is 4.64. The number of hydrogen-bond donors (Lipinski definition) is 0. The van der Waals surface area contributed by atoms with Crippen LogP contribution in [-0.4, -0.2) is 5.78 Å². The third kappa shape index (κ3) is 3.05. The van der Waals surface area contributed by atoms with E-state index in [0.29, 0.717) is 11.7 Å². The van der Waals surface area contributed by atoms with Crippen LogP contribution in [0.1, 0.15) is 78.1 Å². The average Bonchev–Trinajstić information content (AvgIpc) is 2.64. The summed E-state index contributed by atoms with van der Waals surface area (Å²) in [5.74, 6) is 1.16. The van der Waals surface area contributed by atoms with Crippen LogP contribution in [0.4, 0.5) is 0 Å². The average molecular weight is 248 g/mol. The third-order valence-corrected chi connectivity index (χ3v) is 4.67. The van der Waals surface area contributed by atoms with Gasteiger partial charge in [-0.1, -0.05) is 39.2 Å². The van der Waals surface area contributed by atoms with E-state index in [1.54, 1.807) is 0 Å². The lowest BCUT2D eigenvalue weighted by Gasteiger charge is -2.30. The molecule has 0 aromatic heterocycles. The molecule has 2 aliphatic carbocycles. The zero-order valence-electron chi connectivity index (χ0n) is 12.1. The molecule has 2 rings (SSSR count). The highest BCUT2D eigenvalue weighted by atomic mass is 16.1. The van der Waals surface area contributed by atoms with E-state index in [-0.39, 0.29) is 5.41 Å². The summed E-state index contributed by atoms with van der Waals surface area (Å²) < 4.78 is 0. The molecule has 1 heteroatoms. The second kappa shape index (κ2) is 6.04. The molecule has 1 nitrogen and oxygen atoms in total. The highest BCUT2D eigenvalue weighted by molar-refractivity contribution is 6.00. The predicted molar refractivity (Wildman–Crippen MR) is 76.5 cm³/mol. The van der Waals surface area contributed by atoms with Gasteiger partial charge in [-0.2, -0.15) is 0 Å². The molecule has 0 spiro atoms. The minimum atomic E-state index is 0.0182. The van der Waals surface area contributed by atoms with Gasteiger partial charge in [0.25, 0.3) is 0 Å². The summed E-state index contributed by atoms with van der Waals surface area (Å²) in [4.78, 5) is 12.9. The van der Waals surface area contributed by atoms with E-state index in [4.69, 9.17) is 0 Å². The molecule has 2 aliphatic rings. The number of Topliss-reactive ketones (excluding diaryl/α,β-unsaturated/α-hetero) is 1. The van der Waals surface area contributed by atoms with Crippen LogP contribution in [0.5, 0.6) is 0 Å². The van der Waals surface area contributed by atoms with E-state index >= 15 is 0 Å². The normalized spacial score (nSPS) is 23.8. The van der Waals surface area contributed by atoms with Crippen molar-refractivity contribution < 1.29 is 4.79 Å². The van der Waals surface area contributed by atoms with Crippen molar-refractivity contribution in [2.45, 2.75) is 78.1 Å². The van der Waals surface area contributed by atoms with E-state index in [2.05, 4.69) is 19.9 Å². The minimum Gasteiger partial charge on any atom is -0.294 e. The Balaban J connectivity index is 2.14. The summed E-state index contributed by atoms with van der Waals surface area (Å²) >= 11 is 0. The molecule has 0 heterocycles. The van der Waals surface area contributed by atoms with Gasteiger partial charge in [0.2, 0.25) is 0 Å². The first kappa shape index (κ1) is 13.8. The van der Waals surface area contributed by atoms with Crippen molar-refractivity contribution in [2.75, 3.05) is 0 Å². The number of rotatable bonds is 4. The lowest BCUT2D eigenvalue weighted by atomic mass is 9.72. The van der Waals surface area contributed by atoms with Gasteiger partial charge < -0.3 is 0 Å². The third-order valence-electron chi connectivity index (χ3n) is 4.67. The fourth-order valence-electron chi connectivity index (χ4n) is 3.92. The molecule has 0 aromatic carbocycles. The molecule has 0 bridgehead atoms. The maximum absolute atomic E-state index is 12.9. The van der Waals surface area contributed by atoms with Gasteiger partial charge in [-0.25, -0.2) is 0 Å². The van der Waals surface area contributed by atoms with Crippen LogP contribution in [0, 0.1) is 11.3 Å². The topological polar surface area (TPSA) is 17.1 Å². The van der Waals surface area contributed by atoms with Crippen molar-refractivity contribution in [3.63, 3.8) is 0 Å². The molecule has 0 aliphatic heterocycles. The Labute approximate surface area is 112 Å². The molecule has 0 aromatic rings. The first-order valence-electron chi connectivity index (χ1n) is 7.88. The summed E-state index contributed by atoms with van der Waals surface area (Å²) in [6, 6.07) is 0. The summed E-state index contributed by atoms with van der Waals surface area (Å²) in [7, 11) is 0. The van der Waals surface area contributed by atoms with E-state index in [0.717, 1.165) is 32.1 Å². The van der Waals surface area contributed by atoms with Crippen LogP contribution in [0.15, 0.2) is 11.6 Å². The van der Waals surface area contributed by atoms with Gasteiger partial charge in [0.15, 0.2) is 5.78 Å². The lowest BCUT2D eigenvalue weighted by molar-refractivity contribution is -0.125. The Morgan fingerprint density at radius 2 is 1.89 bits per heavy atom. The van der Waals surface area contributed by atoms with Crippen molar-refractivity contribution >= 4 is 5.78 Å². The molecule has 0 N–H and O–H groups in total. The first-order chi connectivity index (χ1) is 8.64. The van der Waals surface area contributed by atoms with E-state index < -0.39 is 0 Å². The van der Waals surface area contributed by atoms with Crippen LogP contribution < -0.4 is 0 Å². The zero-order valence-corrected chi connectivity index (χ0v) is 12.1. The highest BCUT2D eigenvalue weighted by Gasteiger charge is 2.42. The Bertz CT molecular complexity index is 319. The monoisotopic (exact) mass is 248 g/mol. The summed E-state index contributed by atoms with van der Waals surface area (Å²) in [6.45, 7) is 4.52. The molecule has 1 fully saturated rings. The number of allylic oxidation sites excluding steroid dienone is 2. The Morgan fingerprint density at radius 1 is 1.17 bits per heavy atom. The maximum Gasteiger partial charge on any atom is 0.164 e. The quantitative estimate of drug-likeness (QED) is 0.680. The molecule has 0 radical (unpaired) electrons. The number of hydrogen-bond acceptors (Lipinski definition) is 1. The van der Waals surface area contributed by atoms with Gasteiger partial charge in [0.05, 0.1) is 0 Å². The van der Waals surface area contributed by atoms with Gasteiger partial charge >= 0.3 is 0 Å². The first-order valence-corrected chi connectivity index (χ1v) is 7.88. The number of carbonyl (C=O) groups excluding carboxylic acids is 1. The molecule has 1 saturated carbocycles. The van der Waals surface area contributed by atoms with Crippen LogP contribution in [0.25, 0.3) is 0 Å². The molecule has 0 saturated heterocycles. The summed E-state index contributed by atoms with van der Waals surface area (Å²) in [5, 5.41) is 0. The zero-order chi connectivity index (χ0) is 13.0. The number of ketones is 1. The molecule has 18 heavy (non-hydrogen) atoms. The summed E-state index contributed by atoms with van der Waals surface area (Å²) in [6.07, 6.45) is 14.1. The van der Waals surface area contributed by atoms with Crippen LogP contribution in [0.2, 0.25) is 0 Å². The molecule has 0 atom stereocenters. The smallest absolute Gasteiger partial charge is 0.164 e. The van der Waals surface area contributed by atoms with Gasteiger partial charge in [-0.15, -0.1) is 0 Å². The predicted octanol–water partition coefficient (Wildman–Crippen LogP) is 5.05. The highest BCUT2D eigenvalue weighted by Crippen LogP contribution is 2.46. The van der Waals surface area contributed by atoms with Crippen molar-refractivity contribution in [2.24, 2.45) is 11.3 Å². The fraction of sp³-hybridized carbons (Fsp3) is 0.824.